The monoisotopic (exact) mass is 435 g/mol. The maximum atomic E-state index is 13.3. The number of aromatic carboxylic acids is 1. The lowest BCUT2D eigenvalue weighted by Gasteiger charge is -2.16. The fraction of sp³-hybridized carbons (Fsp3) is 0.0800. The standard InChI is InChI=1S/C25H19ClFNO3/c26-23-13-19(27)9-5-18(23)15-31-24-12-8-16-3-1-2-4-21(16)22(24)14-28-20-10-6-17(7-11-20)25(29)30/h1-13,28H,14-15H2,(H,29,30). The molecular weight excluding hydrogens is 417 g/mol. The fourth-order valence-electron chi connectivity index (χ4n) is 3.35. The lowest BCUT2D eigenvalue weighted by Crippen LogP contribution is -2.05. The molecular formula is C25H19ClFNO3. The van der Waals surface area contributed by atoms with E-state index in [0.29, 0.717) is 22.9 Å². The molecule has 0 atom stereocenters. The summed E-state index contributed by atoms with van der Waals surface area (Å²) in [5, 5.41) is 14.8. The van der Waals surface area contributed by atoms with Gasteiger partial charge in [0.25, 0.3) is 0 Å². The van der Waals surface area contributed by atoms with Crippen LogP contribution in [0, 0.1) is 5.82 Å². The van der Waals surface area contributed by atoms with Gasteiger partial charge >= 0.3 is 5.97 Å². The molecule has 0 aliphatic rings. The highest BCUT2D eigenvalue weighted by Gasteiger charge is 2.11. The van der Waals surface area contributed by atoms with Crippen molar-refractivity contribution in [2.75, 3.05) is 5.32 Å². The first-order chi connectivity index (χ1) is 15.0. The number of nitrogens with one attached hydrogen (secondary N) is 1. The second kappa shape index (κ2) is 9.06. The Morgan fingerprint density at radius 3 is 2.52 bits per heavy atom. The molecule has 31 heavy (non-hydrogen) atoms. The van der Waals surface area contributed by atoms with Crippen molar-refractivity contribution < 1.29 is 19.0 Å². The van der Waals surface area contributed by atoms with E-state index in [0.717, 1.165) is 22.0 Å². The third-order valence-electron chi connectivity index (χ3n) is 5.00. The summed E-state index contributed by atoms with van der Waals surface area (Å²) in [7, 11) is 0. The lowest BCUT2D eigenvalue weighted by atomic mass is 10.0. The minimum atomic E-state index is -0.962. The van der Waals surface area contributed by atoms with Crippen molar-refractivity contribution >= 4 is 34.0 Å². The van der Waals surface area contributed by atoms with Gasteiger partial charge in [-0.1, -0.05) is 48.0 Å². The maximum Gasteiger partial charge on any atom is 0.335 e. The van der Waals surface area contributed by atoms with Crippen LogP contribution in [-0.2, 0) is 13.2 Å². The van der Waals surface area contributed by atoms with Crippen LogP contribution in [0.1, 0.15) is 21.5 Å². The number of halogens is 2. The number of fused-ring (bicyclic) bond motifs is 1. The number of carbonyl (C=O) groups is 1. The molecule has 4 nitrogen and oxygen atoms in total. The molecule has 0 aromatic heterocycles. The summed E-state index contributed by atoms with van der Waals surface area (Å²) in [5.41, 5.74) is 2.68. The first kappa shape index (κ1) is 20.7. The van der Waals surface area contributed by atoms with Crippen LogP contribution in [0.15, 0.2) is 78.9 Å². The zero-order valence-corrected chi connectivity index (χ0v) is 17.2. The minimum absolute atomic E-state index is 0.206. The van der Waals surface area contributed by atoms with Crippen LogP contribution >= 0.6 is 11.6 Å². The number of hydrogen-bond donors (Lipinski definition) is 2. The van der Waals surface area contributed by atoms with E-state index in [1.54, 1.807) is 30.3 Å². The van der Waals surface area contributed by atoms with Gasteiger partial charge in [-0.2, -0.15) is 0 Å². The summed E-state index contributed by atoms with van der Waals surface area (Å²) in [5.74, 6) is -0.664. The van der Waals surface area contributed by atoms with E-state index >= 15 is 0 Å². The Labute approximate surface area is 183 Å². The second-order valence-corrected chi connectivity index (χ2v) is 7.43. The number of anilines is 1. The molecule has 4 rings (SSSR count). The number of carboxylic acid groups (broad SMARTS) is 1. The average Bonchev–Trinajstić information content (AvgIpc) is 2.77. The number of hydrogen-bond acceptors (Lipinski definition) is 3. The Balaban J connectivity index is 1.59. The van der Waals surface area contributed by atoms with Crippen molar-refractivity contribution in [3.8, 4) is 5.75 Å². The Morgan fingerprint density at radius 2 is 1.77 bits per heavy atom. The maximum absolute atomic E-state index is 13.3. The third-order valence-corrected chi connectivity index (χ3v) is 5.35. The Hall–Kier alpha value is -3.57. The van der Waals surface area contributed by atoms with Gasteiger partial charge in [-0.15, -0.1) is 0 Å². The topological polar surface area (TPSA) is 58.6 Å². The highest BCUT2D eigenvalue weighted by atomic mass is 35.5. The molecule has 2 N–H and O–H groups in total. The van der Waals surface area contributed by atoms with E-state index in [1.807, 2.05) is 36.4 Å². The number of rotatable bonds is 7. The largest absolute Gasteiger partial charge is 0.488 e. The predicted molar refractivity (Wildman–Crippen MR) is 120 cm³/mol. The summed E-state index contributed by atoms with van der Waals surface area (Å²) < 4.78 is 19.4. The summed E-state index contributed by atoms with van der Waals surface area (Å²) >= 11 is 6.13. The van der Waals surface area contributed by atoms with Crippen molar-refractivity contribution in [2.45, 2.75) is 13.2 Å². The number of benzene rings is 4. The molecule has 0 heterocycles. The molecule has 6 heteroatoms. The number of ether oxygens (including phenoxy) is 1. The number of carboxylic acids is 1. The summed E-state index contributed by atoms with van der Waals surface area (Å²) in [6.07, 6.45) is 0. The molecule has 0 aliphatic heterocycles. The van der Waals surface area contributed by atoms with Gasteiger partial charge in [-0.3, -0.25) is 0 Å². The van der Waals surface area contributed by atoms with Gasteiger partial charge in [0.2, 0.25) is 0 Å². The molecule has 0 unspecified atom stereocenters. The summed E-state index contributed by atoms with van der Waals surface area (Å²) in [6, 6.07) is 22.7. The molecule has 4 aromatic rings. The van der Waals surface area contributed by atoms with E-state index in [1.165, 1.54) is 12.1 Å². The fourth-order valence-corrected chi connectivity index (χ4v) is 3.57. The van der Waals surface area contributed by atoms with Crippen molar-refractivity contribution in [1.29, 1.82) is 0 Å². The van der Waals surface area contributed by atoms with Gasteiger partial charge in [0, 0.05) is 23.4 Å². The van der Waals surface area contributed by atoms with Gasteiger partial charge in [-0.05, 0) is 53.2 Å². The average molecular weight is 436 g/mol. The van der Waals surface area contributed by atoms with Crippen LogP contribution in [0.3, 0.4) is 0 Å². The lowest BCUT2D eigenvalue weighted by molar-refractivity contribution is 0.0697. The van der Waals surface area contributed by atoms with Crippen LogP contribution < -0.4 is 10.1 Å². The van der Waals surface area contributed by atoms with Crippen molar-refractivity contribution in [1.82, 2.24) is 0 Å². The van der Waals surface area contributed by atoms with Crippen LogP contribution in [0.2, 0.25) is 5.02 Å². The SMILES string of the molecule is O=C(O)c1ccc(NCc2c(OCc3ccc(F)cc3Cl)ccc3ccccc23)cc1. The highest BCUT2D eigenvalue weighted by Crippen LogP contribution is 2.30. The van der Waals surface area contributed by atoms with Gasteiger partial charge in [0.05, 0.1) is 10.6 Å². The smallest absolute Gasteiger partial charge is 0.335 e. The first-order valence-corrected chi connectivity index (χ1v) is 10.0. The van der Waals surface area contributed by atoms with Gasteiger partial charge in [0.15, 0.2) is 0 Å². The summed E-state index contributed by atoms with van der Waals surface area (Å²) in [4.78, 5) is 11.0. The normalized spacial score (nSPS) is 10.8. The predicted octanol–water partition coefficient (Wildman–Crippen LogP) is 6.52. The van der Waals surface area contributed by atoms with Crippen LogP contribution in [0.5, 0.6) is 5.75 Å². The molecule has 0 spiro atoms. The Bertz CT molecular complexity index is 1240. The molecule has 0 fully saturated rings. The molecule has 0 radical (unpaired) electrons. The van der Waals surface area contributed by atoms with E-state index in [-0.39, 0.29) is 12.2 Å². The van der Waals surface area contributed by atoms with Gasteiger partial charge in [-0.25, -0.2) is 9.18 Å². The Kier molecular flexibility index (Phi) is 6.05. The molecule has 0 saturated carbocycles. The first-order valence-electron chi connectivity index (χ1n) is 9.66. The van der Waals surface area contributed by atoms with E-state index in [2.05, 4.69) is 5.32 Å². The molecule has 0 bridgehead atoms. The van der Waals surface area contributed by atoms with E-state index in [9.17, 15) is 9.18 Å². The third kappa shape index (κ3) is 4.78. The molecule has 0 saturated heterocycles. The Morgan fingerprint density at radius 1 is 1.00 bits per heavy atom. The van der Waals surface area contributed by atoms with Crippen LogP contribution in [0.4, 0.5) is 10.1 Å². The zero-order valence-electron chi connectivity index (χ0n) is 16.4. The highest BCUT2D eigenvalue weighted by molar-refractivity contribution is 6.31. The van der Waals surface area contributed by atoms with Crippen LogP contribution in [0.25, 0.3) is 10.8 Å². The van der Waals surface area contributed by atoms with Crippen molar-refractivity contribution in [2.24, 2.45) is 0 Å². The molecule has 0 amide bonds. The molecule has 0 aliphatic carbocycles. The van der Waals surface area contributed by atoms with Gasteiger partial charge < -0.3 is 15.2 Å². The second-order valence-electron chi connectivity index (χ2n) is 7.02. The van der Waals surface area contributed by atoms with Gasteiger partial charge in [0.1, 0.15) is 18.2 Å². The summed E-state index contributed by atoms with van der Waals surface area (Å²) in [6.45, 7) is 0.679. The molecule has 156 valence electrons. The zero-order chi connectivity index (χ0) is 21.8. The van der Waals surface area contributed by atoms with Crippen molar-refractivity contribution in [3.05, 3.63) is 106 Å². The van der Waals surface area contributed by atoms with Crippen molar-refractivity contribution in [3.63, 3.8) is 0 Å². The quantitative estimate of drug-likeness (QED) is 0.347. The van der Waals surface area contributed by atoms with E-state index < -0.39 is 11.8 Å². The molecule has 4 aromatic carbocycles. The van der Waals surface area contributed by atoms with Crippen LogP contribution in [-0.4, -0.2) is 11.1 Å². The van der Waals surface area contributed by atoms with E-state index in [4.69, 9.17) is 21.4 Å². The minimum Gasteiger partial charge on any atom is -0.488 e.